The molecular weight excluding hydrogens is 331 g/mol. The molecule has 0 aliphatic rings. The number of benzene rings is 2. The first-order valence-electron chi connectivity index (χ1n) is 8.54. The lowest BCUT2D eigenvalue weighted by molar-refractivity contribution is 0.220. The van der Waals surface area contributed by atoms with Crippen LogP contribution in [0.3, 0.4) is 0 Å². The van der Waals surface area contributed by atoms with Crippen LogP contribution >= 0.6 is 7.14 Å². The van der Waals surface area contributed by atoms with Gasteiger partial charge in [0.1, 0.15) is 12.9 Å². The Labute approximate surface area is 148 Å². The lowest BCUT2D eigenvalue weighted by atomic mass is 10.2. The average molecular weight is 354 g/mol. The zero-order chi connectivity index (χ0) is 17.5. The van der Waals surface area contributed by atoms with Gasteiger partial charge in [-0.3, -0.25) is 0 Å². The van der Waals surface area contributed by atoms with Gasteiger partial charge >= 0.3 is 0 Å². The zero-order valence-corrected chi connectivity index (χ0v) is 15.0. The highest BCUT2D eigenvalue weighted by molar-refractivity contribution is 7.64. The molecule has 0 bridgehead atoms. The van der Waals surface area contributed by atoms with E-state index in [1.54, 1.807) is 12.1 Å². The maximum Gasteiger partial charge on any atom is 0.164 e. The second-order valence-electron chi connectivity index (χ2n) is 6.26. The van der Waals surface area contributed by atoms with Gasteiger partial charge in [0.15, 0.2) is 5.85 Å². The first-order chi connectivity index (χ1) is 12.2. The van der Waals surface area contributed by atoms with E-state index in [-0.39, 0.29) is 0 Å². The Balaban J connectivity index is 1.76. The molecule has 0 aliphatic carbocycles. The van der Waals surface area contributed by atoms with Crippen LogP contribution in [0.2, 0.25) is 0 Å². The minimum Gasteiger partial charge on any atom is -0.466 e. The second-order valence-corrected chi connectivity index (χ2v) is 9.55. The summed E-state index contributed by atoms with van der Waals surface area (Å²) in [6, 6.07) is 23.4. The van der Waals surface area contributed by atoms with Crippen LogP contribution in [-0.4, -0.2) is 17.4 Å². The molecule has 130 valence electrons. The molecule has 0 amide bonds. The Hall–Kier alpha value is -2.09. The molecule has 0 spiro atoms. The van der Waals surface area contributed by atoms with E-state index in [4.69, 9.17) is 4.42 Å². The van der Waals surface area contributed by atoms with E-state index >= 15 is 0 Å². The van der Waals surface area contributed by atoms with Crippen LogP contribution in [0.5, 0.6) is 0 Å². The maximum atomic E-state index is 13.6. The zero-order valence-electron chi connectivity index (χ0n) is 14.1. The summed E-state index contributed by atoms with van der Waals surface area (Å²) < 4.78 is 19.0. The van der Waals surface area contributed by atoms with Crippen molar-refractivity contribution in [3.05, 3.63) is 95.9 Å². The molecule has 1 N–H and O–H groups in total. The molecule has 0 fully saturated rings. The van der Waals surface area contributed by atoms with Crippen LogP contribution in [0, 0.1) is 0 Å². The first-order valence-corrected chi connectivity index (χ1v) is 10.7. The number of aliphatic hydroxyl groups is 1. The second kappa shape index (κ2) is 8.33. The fraction of sp³-hybridized carbons (Fsp3) is 0.238. The summed E-state index contributed by atoms with van der Waals surface area (Å²) in [7, 11) is -2.87. The third-order valence-electron chi connectivity index (χ3n) is 4.49. The summed E-state index contributed by atoms with van der Waals surface area (Å²) in [5, 5.41) is 10.7. The molecule has 0 saturated carbocycles. The van der Waals surface area contributed by atoms with E-state index in [1.165, 1.54) is 6.26 Å². The quantitative estimate of drug-likeness (QED) is 0.571. The first kappa shape index (κ1) is 17.7. The van der Waals surface area contributed by atoms with Gasteiger partial charge in [0, 0.05) is 12.3 Å². The summed E-state index contributed by atoms with van der Waals surface area (Å²) >= 11 is 0. The molecule has 0 radical (unpaired) electrons. The van der Waals surface area contributed by atoms with E-state index in [1.807, 2.05) is 60.7 Å². The number of rotatable bonds is 8. The molecule has 3 nitrogen and oxygen atoms in total. The number of aryl methyl sites for hydroxylation is 2. The summed E-state index contributed by atoms with van der Waals surface area (Å²) in [5.74, 6) is -0.653. The standard InChI is InChI=1S/C21H23O3P/c22-21(20-12-7-15-24-20)25(23,16-13-18-8-3-1-4-9-18)17-14-19-10-5-2-6-11-19/h1-12,15,21-22H,13-14,16-17H2. The lowest BCUT2D eigenvalue weighted by Gasteiger charge is -2.23. The van der Waals surface area contributed by atoms with Crippen molar-refractivity contribution < 1.29 is 14.1 Å². The highest BCUT2D eigenvalue weighted by atomic mass is 31.2. The Bertz CT molecular complexity index is 750. The van der Waals surface area contributed by atoms with E-state index in [0.717, 1.165) is 11.1 Å². The van der Waals surface area contributed by atoms with Gasteiger partial charge in [-0.15, -0.1) is 0 Å². The van der Waals surface area contributed by atoms with E-state index in [0.29, 0.717) is 30.9 Å². The van der Waals surface area contributed by atoms with E-state index in [9.17, 15) is 9.67 Å². The van der Waals surface area contributed by atoms with Crippen molar-refractivity contribution in [1.29, 1.82) is 0 Å². The van der Waals surface area contributed by atoms with Gasteiger partial charge in [-0.25, -0.2) is 0 Å². The maximum absolute atomic E-state index is 13.6. The number of furan rings is 1. The third-order valence-corrected chi connectivity index (χ3v) is 7.59. The minimum atomic E-state index is -2.87. The van der Waals surface area contributed by atoms with Crippen molar-refractivity contribution in [1.82, 2.24) is 0 Å². The Morgan fingerprint density at radius 3 is 1.76 bits per heavy atom. The monoisotopic (exact) mass is 354 g/mol. The number of hydrogen-bond donors (Lipinski definition) is 1. The number of aliphatic hydroxyl groups excluding tert-OH is 1. The molecule has 2 aromatic carbocycles. The summed E-state index contributed by atoms with van der Waals surface area (Å²) in [5.41, 5.74) is 2.27. The average Bonchev–Trinajstić information content (AvgIpc) is 3.20. The van der Waals surface area contributed by atoms with Crippen molar-refractivity contribution >= 4 is 7.14 Å². The van der Waals surface area contributed by atoms with Gasteiger partial charge < -0.3 is 14.1 Å². The highest BCUT2D eigenvalue weighted by Gasteiger charge is 2.33. The highest BCUT2D eigenvalue weighted by Crippen LogP contribution is 2.58. The van der Waals surface area contributed by atoms with Crippen LogP contribution in [0.4, 0.5) is 0 Å². The fourth-order valence-electron chi connectivity index (χ4n) is 2.95. The molecule has 1 aromatic heterocycles. The van der Waals surface area contributed by atoms with Gasteiger partial charge in [0.2, 0.25) is 0 Å². The van der Waals surface area contributed by atoms with Crippen LogP contribution in [0.25, 0.3) is 0 Å². The molecule has 1 atom stereocenters. The van der Waals surface area contributed by atoms with Crippen LogP contribution in [0.1, 0.15) is 22.7 Å². The van der Waals surface area contributed by atoms with Crippen LogP contribution in [-0.2, 0) is 17.4 Å². The summed E-state index contributed by atoms with van der Waals surface area (Å²) in [4.78, 5) is 0. The Kier molecular flexibility index (Phi) is 5.91. The minimum absolute atomic E-state index is 0.393. The molecule has 4 heteroatoms. The van der Waals surface area contributed by atoms with Gasteiger partial charge in [-0.2, -0.15) is 0 Å². The largest absolute Gasteiger partial charge is 0.466 e. The third kappa shape index (κ3) is 4.72. The SMILES string of the molecule is O=P(CCc1ccccc1)(CCc1ccccc1)C(O)c1ccco1. The van der Waals surface area contributed by atoms with Gasteiger partial charge in [-0.1, -0.05) is 60.7 Å². The van der Waals surface area contributed by atoms with Crippen molar-refractivity contribution in [2.45, 2.75) is 18.7 Å². The number of hydrogen-bond acceptors (Lipinski definition) is 3. The molecule has 3 rings (SSSR count). The molecular formula is C21H23O3P. The van der Waals surface area contributed by atoms with Crippen molar-refractivity contribution in [2.24, 2.45) is 0 Å². The molecule has 3 aromatic rings. The predicted octanol–water partition coefficient (Wildman–Crippen LogP) is 5.12. The molecule has 1 heterocycles. The van der Waals surface area contributed by atoms with E-state index in [2.05, 4.69) is 0 Å². The Morgan fingerprint density at radius 1 is 0.800 bits per heavy atom. The van der Waals surface area contributed by atoms with Gasteiger partial charge in [0.05, 0.1) is 6.26 Å². The molecule has 0 saturated heterocycles. The van der Waals surface area contributed by atoms with Crippen molar-refractivity contribution in [3.63, 3.8) is 0 Å². The van der Waals surface area contributed by atoms with Crippen LogP contribution in [0.15, 0.2) is 83.5 Å². The topological polar surface area (TPSA) is 50.4 Å². The van der Waals surface area contributed by atoms with Crippen molar-refractivity contribution in [2.75, 3.05) is 12.3 Å². The molecule has 25 heavy (non-hydrogen) atoms. The smallest absolute Gasteiger partial charge is 0.164 e. The summed E-state index contributed by atoms with van der Waals surface area (Å²) in [6.07, 6.45) is 3.81. The van der Waals surface area contributed by atoms with Crippen molar-refractivity contribution in [3.8, 4) is 0 Å². The van der Waals surface area contributed by atoms with Gasteiger partial charge in [0.25, 0.3) is 0 Å². The lowest BCUT2D eigenvalue weighted by Crippen LogP contribution is -2.09. The summed E-state index contributed by atoms with van der Waals surface area (Å²) in [6.45, 7) is 0. The van der Waals surface area contributed by atoms with Gasteiger partial charge in [-0.05, 0) is 36.1 Å². The Morgan fingerprint density at radius 2 is 1.32 bits per heavy atom. The van der Waals surface area contributed by atoms with Crippen LogP contribution < -0.4 is 0 Å². The molecule has 0 aliphatic heterocycles. The normalized spacial score (nSPS) is 12.8. The predicted molar refractivity (Wildman–Crippen MR) is 101 cm³/mol. The van der Waals surface area contributed by atoms with E-state index < -0.39 is 13.0 Å². The molecule has 1 unspecified atom stereocenters. The fourth-order valence-corrected chi connectivity index (χ4v) is 5.55.